The highest BCUT2D eigenvalue weighted by Crippen LogP contribution is 2.39. The van der Waals surface area contributed by atoms with Crippen molar-refractivity contribution in [2.24, 2.45) is 5.73 Å². The smallest absolute Gasteiger partial charge is 0.249 e. The zero-order valence-corrected chi connectivity index (χ0v) is 20.1. The van der Waals surface area contributed by atoms with Crippen LogP contribution in [-0.4, -0.2) is 10.5 Å². The van der Waals surface area contributed by atoms with Crippen LogP contribution in [0, 0.1) is 0 Å². The van der Waals surface area contributed by atoms with Gasteiger partial charge in [0.05, 0.1) is 11.0 Å². The lowest BCUT2D eigenvalue weighted by molar-refractivity contribution is 0.100. The average Bonchev–Trinajstić information content (AvgIpc) is 3.17. The van der Waals surface area contributed by atoms with Gasteiger partial charge in [-0.1, -0.05) is 83.9 Å². The Bertz CT molecular complexity index is 1760. The predicted octanol–water partition coefficient (Wildman–Crippen LogP) is 8.07. The monoisotopic (exact) mass is 494 g/mol. The van der Waals surface area contributed by atoms with Crippen LogP contribution in [0.25, 0.3) is 43.7 Å². The van der Waals surface area contributed by atoms with Gasteiger partial charge in [0.1, 0.15) is 0 Å². The largest absolute Gasteiger partial charge is 0.366 e. The summed E-state index contributed by atoms with van der Waals surface area (Å²) in [4.78, 5) is 12.3. The molecule has 0 bridgehead atoms. The van der Waals surface area contributed by atoms with Gasteiger partial charge in [-0.3, -0.25) is 4.79 Å². The number of halogens is 2. The number of hydrogen-bond acceptors (Lipinski definition) is 1. The molecule has 0 unspecified atom stereocenters. The van der Waals surface area contributed by atoms with E-state index in [1.165, 1.54) is 10.8 Å². The van der Waals surface area contributed by atoms with Crippen LogP contribution in [0.5, 0.6) is 0 Å². The molecule has 0 radical (unpaired) electrons. The van der Waals surface area contributed by atoms with E-state index in [0.29, 0.717) is 22.2 Å². The number of nitrogens with zero attached hydrogens (tertiary/aromatic N) is 1. The third-order valence-electron chi connectivity index (χ3n) is 6.56. The summed E-state index contributed by atoms with van der Waals surface area (Å²) in [5.41, 5.74) is 11.1. The third kappa shape index (κ3) is 3.65. The molecule has 6 aromatic rings. The topological polar surface area (TPSA) is 48.0 Å². The Labute approximate surface area is 212 Å². The fraction of sp³-hybridized carbons (Fsp3) is 0.0333. The van der Waals surface area contributed by atoms with Crippen molar-refractivity contribution in [1.82, 2.24) is 4.57 Å². The molecule has 5 heteroatoms. The molecule has 6 rings (SSSR count). The van der Waals surface area contributed by atoms with Crippen molar-refractivity contribution < 1.29 is 4.79 Å². The molecule has 0 saturated carbocycles. The quantitative estimate of drug-likeness (QED) is 0.264. The van der Waals surface area contributed by atoms with E-state index >= 15 is 0 Å². The van der Waals surface area contributed by atoms with Crippen LogP contribution in [0.15, 0.2) is 97.1 Å². The fourth-order valence-corrected chi connectivity index (χ4v) is 5.58. The Morgan fingerprint density at radius 3 is 2.26 bits per heavy atom. The summed E-state index contributed by atoms with van der Waals surface area (Å²) in [6.07, 6.45) is 0. The van der Waals surface area contributed by atoms with Crippen molar-refractivity contribution in [3.63, 3.8) is 0 Å². The van der Waals surface area contributed by atoms with E-state index < -0.39 is 5.91 Å². The lowest BCUT2D eigenvalue weighted by Crippen LogP contribution is -2.11. The molecule has 0 fully saturated rings. The first-order valence-corrected chi connectivity index (χ1v) is 12.0. The molecule has 1 amide bonds. The van der Waals surface area contributed by atoms with Crippen LogP contribution < -0.4 is 5.73 Å². The second kappa shape index (κ2) is 8.46. The summed E-state index contributed by atoms with van der Waals surface area (Å²) in [5, 5.41) is 5.38. The minimum Gasteiger partial charge on any atom is -0.366 e. The number of carbonyl (C=O) groups excluding carboxylic acids is 1. The first kappa shape index (κ1) is 21.7. The molecule has 0 aliphatic rings. The number of fused-ring (bicyclic) bond motifs is 4. The maximum atomic E-state index is 12.3. The van der Waals surface area contributed by atoms with Gasteiger partial charge in [0.2, 0.25) is 5.91 Å². The summed E-state index contributed by atoms with van der Waals surface area (Å²) in [5.74, 6) is -0.446. The van der Waals surface area contributed by atoms with Crippen LogP contribution in [0.2, 0.25) is 10.0 Å². The zero-order chi connectivity index (χ0) is 24.1. The highest BCUT2D eigenvalue weighted by atomic mass is 35.5. The van der Waals surface area contributed by atoms with Crippen LogP contribution in [-0.2, 0) is 6.54 Å². The Morgan fingerprint density at radius 2 is 1.49 bits per heavy atom. The van der Waals surface area contributed by atoms with Crippen molar-refractivity contribution in [3.05, 3.63) is 118 Å². The first-order chi connectivity index (χ1) is 17.0. The molecule has 0 spiro atoms. The van der Waals surface area contributed by atoms with E-state index in [0.717, 1.165) is 38.5 Å². The van der Waals surface area contributed by atoms with Gasteiger partial charge in [-0.25, -0.2) is 0 Å². The maximum absolute atomic E-state index is 12.3. The number of rotatable bonds is 4. The molecule has 2 N–H and O–H groups in total. The summed E-state index contributed by atoms with van der Waals surface area (Å²) in [7, 11) is 0. The molecule has 170 valence electrons. The van der Waals surface area contributed by atoms with Crippen LogP contribution in [0.3, 0.4) is 0 Å². The van der Waals surface area contributed by atoms with E-state index in [9.17, 15) is 4.79 Å². The van der Waals surface area contributed by atoms with E-state index in [1.54, 1.807) is 6.07 Å². The van der Waals surface area contributed by atoms with Gasteiger partial charge in [-0.2, -0.15) is 0 Å². The summed E-state index contributed by atoms with van der Waals surface area (Å²) < 4.78 is 2.23. The Hall–Kier alpha value is -3.79. The van der Waals surface area contributed by atoms with Gasteiger partial charge >= 0.3 is 0 Å². The average molecular weight is 495 g/mol. The Balaban J connectivity index is 1.63. The molecule has 1 heterocycles. The first-order valence-electron chi connectivity index (χ1n) is 11.3. The number of hydrogen-bond donors (Lipinski definition) is 1. The van der Waals surface area contributed by atoms with Crippen molar-refractivity contribution in [3.8, 4) is 11.1 Å². The predicted molar refractivity (Wildman–Crippen MR) is 146 cm³/mol. The van der Waals surface area contributed by atoms with Crippen molar-refractivity contribution in [1.29, 1.82) is 0 Å². The summed E-state index contributed by atoms with van der Waals surface area (Å²) in [6.45, 7) is 0.632. The van der Waals surface area contributed by atoms with Crippen LogP contribution >= 0.6 is 23.2 Å². The van der Waals surface area contributed by atoms with E-state index in [4.69, 9.17) is 28.9 Å². The van der Waals surface area contributed by atoms with Crippen molar-refractivity contribution in [2.45, 2.75) is 6.54 Å². The normalized spacial score (nSPS) is 11.5. The molecular weight excluding hydrogens is 475 g/mol. The number of benzene rings is 5. The number of primary amides is 1. The summed E-state index contributed by atoms with van der Waals surface area (Å²) >= 11 is 13.1. The van der Waals surface area contributed by atoms with Crippen LogP contribution in [0.4, 0.5) is 0 Å². The molecule has 0 aliphatic carbocycles. The lowest BCUT2D eigenvalue weighted by Gasteiger charge is -2.11. The molecule has 0 saturated heterocycles. The van der Waals surface area contributed by atoms with E-state index in [1.807, 2.05) is 54.6 Å². The van der Waals surface area contributed by atoms with Gasteiger partial charge in [0.25, 0.3) is 0 Å². The molecule has 0 aliphatic heterocycles. The van der Waals surface area contributed by atoms with Gasteiger partial charge < -0.3 is 10.3 Å². The molecule has 35 heavy (non-hydrogen) atoms. The minimum absolute atomic E-state index is 0.446. The van der Waals surface area contributed by atoms with Gasteiger partial charge in [-0.05, 0) is 58.3 Å². The summed E-state index contributed by atoms with van der Waals surface area (Å²) in [6, 6.07) is 32.1. The molecule has 0 atom stereocenters. The highest BCUT2D eigenvalue weighted by molar-refractivity contribution is 6.39. The number of aromatic nitrogens is 1. The number of nitrogens with two attached hydrogens (primary N) is 1. The molecule has 5 aromatic carbocycles. The third-order valence-corrected chi connectivity index (χ3v) is 7.19. The van der Waals surface area contributed by atoms with E-state index in [-0.39, 0.29) is 0 Å². The van der Waals surface area contributed by atoms with Crippen molar-refractivity contribution >= 4 is 61.7 Å². The Morgan fingerprint density at radius 1 is 0.743 bits per heavy atom. The minimum atomic E-state index is -0.446. The second-order valence-electron chi connectivity index (χ2n) is 8.66. The van der Waals surface area contributed by atoms with E-state index in [2.05, 4.69) is 41.0 Å². The maximum Gasteiger partial charge on any atom is 0.249 e. The van der Waals surface area contributed by atoms with Gasteiger partial charge in [-0.15, -0.1) is 0 Å². The van der Waals surface area contributed by atoms with Crippen molar-refractivity contribution in [2.75, 3.05) is 0 Å². The highest BCUT2D eigenvalue weighted by Gasteiger charge is 2.18. The molecule has 3 nitrogen and oxygen atoms in total. The zero-order valence-electron chi connectivity index (χ0n) is 18.6. The number of amides is 1. The fourth-order valence-electron chi connectivity index (χ4n) is 4.97. The second-order valence-corrected chi connectivity index (χ2v) is 9.47. The SMILES string of the molecule is NC(=O)c1cccc2c1c1ccc(-c3c(Cl)cccc3Cl)cc1n2Cc1ccc2ccccc2c1. The van der Waals surface area contributed by atoms with Gasteiger partial charge in [0.15, 0.2) is 0 Å². The Kier molecular flexibility index (Phi) is 5.25. The lowest BCUT2D eigenvalue weighted by atomic mass is 10.0. The molecule has 1 aromatic heterocycles. The standard InChI is InChI=1S/C30H20Cl2N2O/c31-24-8-4-9-25(32)28(24)21-13-14-22-27(16-21)34(26-10-3-7-23(29(22)26)30(33)35)17-18-11-12-19-5-1-2-6-20(19)15-18/h1-16H,17H2,(H2,33,35). The van der Waals surface area contributed by atoms with Gasteiger partial charge in [0, 0.05) is 38.5 Å². The van der Waals surface area contributed by atoms with Crippen LogP contribution in [0.1, 0.15) is 15.9 Å². The molecular formula is C30H20Cl2N2O. The number of carbonyl (C=O) groups is 1.